The molecule has 0 aliphatic heterocycles. The van der Waals surface area contributed by atoms with E-state index in [1.165, 1.54) is 12.5 Å². The topological polar surface area (TPSA) is 49.4 Å². The highest BCUT2D eigenvalue weighted by Gasteiger charge is 2.15. The van der Waals surface area contributed by atoms with Crippen LogP contribution >= 0.6 is 11.6 Å². The third kappa shape index (κ3) is 5.33. The molecule has 2 rings (SSSR count). The Kier molecular flexibility index (Phi) is 6.43. The summed E-state index contributed by atoms with van der Waals surface area (Å²) in [6.45, 7) is 8.66. The van der Waals surface area contributed by atoms with Crippen molar-refractivity contribution in [2.24, 2.45) is 0 Å². The molecule has 0 saturated carbocycles. The molecule has 0 fully saturated rings. The standard InChI is InChI=1S/C21H25ClN2O2/c1-15(25)24(19-11-9-18(22)10-12-19)14-13-23-20(26)16-5-7-17(8-6-16)21(2,3)4/h5-12H,13-14H2,1-4H3,(H,23,26). The van der Waals surface area contributed by atoms with E-state index in [0.29, 0.717) is 23.7 Å². The average molecular weight is 373 g/mol. The molecule has 0 atom stereocenters. The summed E-state index contributed by atoms with van der Waals surface area (Å²) in [4.78, 5) is 25.8. The summed E-state index contributed by atoms with van der Waals surface area (Å²) in [7, 11) is 0. The van der Waals surface area contributed by atoms with E-state index in [4.69, 9.17) is 11.6 Å². The van der Waals surface area contributed by atoms with Gasteiger partial charge < -0.3 is 10.2 Å². The summed E-state index contributed by atoms with van der Waals surface area (Å²) in [5.41, 5.74) is 2.60. The molecule has 0 heterocycles. The van der Waals surface area contributed by atoms with E-state index < -0.39 is 0 Å². The van der Waals surface area contributed by atoms with Crippen molar-refractivity contribution < 1.29 is 9.59 Å². The Morgan fingerprint density at radius 1 is 1.00 bits per heavy atom. The number of hydrogen-bond donors (Lipinski definition) is 1. The molecule has 1 N–H and O–H groups in total. The largest absolute Gasteiger partial charge is 0.350 e. The van der Waals surface area contributed by atoms with Crippen LogP contribution in [0.3, 0.4) is 0 Å². The normalized spacial score (nSPS) is 11.1. The van der Waals surface area contributed by atoms with Crippen molar-refractivity contribution in [3.63, 3.8) is 0 Å². The highest BCUT2D eigenvalue weighted by molar-refractivity contribution is 6.30. The number of halogens is 1. The lowest BCUT2D eigenvalue weighted by atomic mass is 9.87. The van der Waals surface area contributed by atoms with Gasteiger partial charge in [-0.05, 0) is 47.4 Å². The summed E-state index contributed by atoms with van der Waals surface area (Å²) < 4.78 is 0. The number of hydrogen-bond acceptors (Lipinski definition) is 2. The van der Waals surface area contributed by atoms with Crippen LogP contribution < -0.4 is 10.2 Å². The van der Waals surface area contributed by atoms with E-state index in [9.17, 15) is 9.59 Å². The minimum Gasteiger partial charge on any atom is -0.350 e. The lowest BCUT2D eigenvalue weighted by Gasteiger charge is -2.21. The smallest absolute Gasteiger partial charge is 0.251 e. The Hall–Kier alpha value is -2.33. The summed E-state index contributed by atoms with van der Waals surface area (Å²) in [6, 6.07) is 14.7. The second-order valence-electron chi connectivity index (χ2n) is 7.23. The molecule has 2 amide bonds. The summed E-state index contributed by atoms with van der Waals surface area (Å²) in [5.74, 6) is -0.235. The zero-order valence-electron chi connectivity index (χ0n) is 15.7. The van der Waals surface area contributed by atoms with Crippen molar-refractivity contribution in [1.29, 1.82) is 0 Å². The second kappa shape index (κ2) is 8.37. The Morgan fingerprint density at radius 2 is 1.58 bits per heavy atom. The van der Waals surface area contributed by atoms with Crippen molar-refractivity contribution in [3.05, 3.63) is 64.7 Å². The number of carbonyl (C=O) groups excluding carboxylic acids is 2. The van der Waals surface area contributed by atoms with Gasteiger partial charge in [0, 0.05) is 36.3 Å². The first-order valence-corrected chi connectivity index (χ1v) is 8.98. The van der Waals surface area contributed by atoms with Gasteiger partial charge in [0.05, 0.1) is 0 Å². The lowest BCUT2D eigenvalue weighted by Crippen LogP contribution is -2.37. The van der Waals surface area contributed by atoms with Gasteiger partial charge in [-0.1, -0.05) is 44.5 Å². The molecule has 2 aromatic rings. The fourth-order valence-corrected chi connectivity index (χ4v) is 2.72. The van der Waals surface area contributed by atoms with Gasteiger partial charge in [-0.15, -0.1) is 0 Å². The Morgan fingerprint density at radius 3 is 2.08 bits per heavy atom. The molecule has 0 aliphatic rings. The summed E-state index contributed by atoms with van der Waals surface area (Å²) >= 11 is 5.89. The SMILES string of the molecule is CC(=O)N(CCNC(=O)c1ccc(C(C)(C)C)cc1)c1ccc(Cl)cc1. The van der Waals surface area contributed by atoms with Crippen LogP contribution in [0.1, 0.15) is 43.6 Å². The van der Waals surface area contributed by atoms with Gasteiger partial charge >= 0.3 is 0 Å². The molecular formula is C21H25ClN2O2. The van der Waals surface area contributed by atoms with E-state index in [1.807, 2.05) is 24.3 Å². The molecule has 0 saturated heterocycles. The highest BCUT2D eigenvalue weighted by Crippen LogP contribution is 2.22. The van der Waals surface area contributed by atoms with Gasteiger partial charge in [0.2, 0.25) is 5.91 Å². The van der Waals surface area contributed by atoms with E-state index >= 15 is 0 Å². The molecule has 0 radical (unpaired) electrons. The fourth-order valence-electron chi connectivity index (χ4n) is 2.59. The molecule has 0 spiro atoms. The van der Waals surface area contributed by atoms with Crippen LogP contribution in [-0.2, 0) is 10.2 Å². The van der Waals surface area contributed by atoms with Gasteiger partial charge in [-0.25, -0.2) is 0 Å². The molecule has 0 unspecified atom stereocenters. The van der Waals surface area contributed by atoms with Crippen LogP contribution in [-0.4, -0.2) is 24.9 Å². The molecule has 4 nitrogen and oxygen atoms in total. The zero-order valence-corrected chi connectivity index (χ0v) is 16.4. The molecule has 0 aliphatic carbocycles. The van der Waals surface area contributed by atoms with E-state index in [-0.39, 0.29) is 17.2 Å². The first-order valence-electron chi connectivity index (χ1n) is 8.61. The Balaban J connectivity index is 1.95. The molecular weight excluding hydrogens is 348 g/mol. The number of benzene rings is 2. The number of nitrogens with zero attached hydrogens (tertiary/aromatic N) is 1. The third-order valence-electron chi connectivity index (χ3n) is 4.15. The van der Waals surface area contributed by atoms with E-state index in [1.54, 1.807) is 29.2 Å². The molecule has 5 heteroatoms. The maximum absolute atomic E-state index is 12.3. The van der Waals surface area contributed by atoms with Gasteiger partial charge in [-0.3, -0.25) is 9.59 Å². The molecule has 0 aromatic heterocycles. The van der Waals surface area contributed by atoms with Crippen molar-refractivity contribution in [2.75, 3.05) is 18.0 Å². The number of anilines is 1. The number of rotatable bonds is 5. The lowest BCUT2D eigenvalue weighted by molar-refractivity contribution is -0.116. The maximum Gasteiger partial charge on any atom is 0.251 e. The van der Waals surface area contributed by atoms with Crippen molar-refractivity contribution >= 4 is 29.1 Å². The fraction of sp³-hybridized carbons (Fsp3) is 0.333. The van der Waals surface area contributed by atoms with Crippen LogP contribution in [0, 0.1) is 0 Å². The summed E-state index contributed by atoms with van der Waals surface area (Å²) in [6.07, 6.45) is 0. The quantitative estimate of drug-likeness (QED) is 0.844. The number of carbonyl (C=O) groups is 2. The van der Waals surface area contributed by atoms with Gasteiger partial charge in [0.25, 0.3) is 5.91 Å². The second-order valence-corrected chi connectivity index (χ2v) is 7.67. The van der Waals surface area contributed by atoms with Gasteiger partial charge in [-0.2, -0.15) is 0 Å². The van der Waals surface area contributed by atoms with Crippen molar-refractivity contribution in [2.45, 2.75) is 33.1 Å². The first kappa shape index (κ1) is 20.0. The predicted octanol–water partition coefficient (Wildman–Crippen LogP) is 4.42. The van der Waals surface area contributed by atoms with Gasteiger partial charge in [0.1, 0.15) is 0 Å². The summed E-state index contributed by atoms with van der Waals surface area (Å²) in [5, 5.41) is 3.48. The van der Waals surface area contributed by atoms with Crippen molar-refractivity contribution in [3.8, 4) is 0 Å². The minimum absolute atomic E-state index is 0.0512. The van der Waals surface area contributed by atoms with Gasteiger partial charge in [0.15, 0.2) is 0 Å². The van der Waals surface area contributed by atoms with Crippen LogP contribution in [0.25, 0.3) is 0 Å². The predicted molar refractivity (Wildman–Crippen MR) is 107 cm³/mol. The van der Waals surface area contributed by atoms with Crippen LogP contribution in [0.4, 0.5) is 5.69 Å². The van der Waals surface area contributed by atoms with E-state index in [0.717, 1.165) is 5.69 Å². The van der Waals surface area contributed by atoms with Crippen LogP contribution in [0.2, 0.25) is 5.02 Å². The van der Waals surface area contributed by atoms with Crippen LogP contribution in [0.15, 0.2) is 48.5 Å². The Bertz CT molecular complexity index is 762. The zero-order chi connectivity index (χ0) is 19.3. The first-order chi connectivity index (χ1) is 12.2. The molecule has 0 bridgehead atoms. The number of nitrogens with one attached hydrogen (secondary N) is 1. The minimum atomic E-state index is -0.148. The van der Waals surface area contributed by atoms with Crippen LogP contribution in [0.5, 0.6) is 0 Å². The monoisotopic (exact) mass is 372 g/mol. The third-order valence-corrected chi connectivity index (χ3v) is 4.40. The van der Waals surface area contributed by atoms with E-state index in [2.05, 4.69) is 26.1 Å². The average Bonchev–Trinajstić information content (AvgIpc) is 2.58. The Labute approximate surface area is 160 Å². The highest BCUT2D eigenvalue weighted by atomic mass is 35.5. The van der Waals surface area contributed by atoms with Crippen molar-refractivity contribution in [1.82, 2.24) is 5.32 Å². The number of amides is 2. The molecule has 138 valence electrons. The molecule has 2 aromatic carbocycles. The maximum atomic E-state index is 12.3. The molecule has 26 heavy (non-hydrogen) atoms.